The van der Waals surface area contributed by atoms with Gasteiger partial charge in [-0.3, -0.25) is 9.59 Å². The maximum absolute atomic E-state index is 12.6. The average molecular weight is 382 g/mol. The van der Waals surface area contributed by atoms with E-state index in [0.717, 1.165) is 0 Å². The van der Waals surface area contributed by atoms with E-state index in [1.807, 2.05) is 32.0 Å². The van der Waals surface area contributed by atoms with Crippen molar-refractivity contribution in [2.45, 2.75) is 26.4 Å². The van der Waals surface area contributed by atoms with Gasteiger partial charge >= 0.3 is 0 Å². The molecular formula is C21H22N2O5. The van der Waals surface area contributed by atoms with Crippen LogP contribution in [-0.2, 0) is 9.59 Å². The van der Waals surface area contributed by atoms with E-state index in [0.29, 0.717) is 35.0 Å². The summed E-state index contributed by atoms with van der Waals surface area (Å²) in [5.74, 6) is 0.836. The third kappa shape index (κ3) is 3.88. The summed E-state index contributed by atoms with van der Waals surface area (Å²) >= 11 is 0. The number of fused-ring (bicyclic) bond motifs is 1. The Morgan fingerprint density at radius 1 is 1.00 bits per heavy atom. The average Bonchev–Trinajstić information content (AvgIpc) is 3.34. The molecule has 4 rings (SSSR count). The molecule has 28 heavy (non-hydrogen) atoms. The highest BCUT2D eigenvalue weighted by atomic mass is 16.7. The van der Waals surface area contributed by atoms with E-state index in [1.165, 1.54) is 0 Å². The molecule has 0 saturated heterocycles. The van der Waals surface area contributed by atoms with Crippen LogP contribution in [0.5, 0.6) is 17.2 Å². The number of ether oxygens (including phenoxy) is 3. The number of nitrogens with one attached hydrogen (secondary N) is 2. The Labute approximate surface area is 163 Å². The Bertz CT molecular complexity index is 911. The summed E-state index contributed by atoms with van der Waals surface area (Å²) in [5.41, 5.74) is 1.24. The molecule has 2 N–H and O–H groups in total. The Morgan fingerprint density at radius 2 is 1.71 bits per heavy atom. The van der Waals surface area contributed by atoms with Crippen LogP contribution in [0.4, 0.5) is 11.4 Å². The fraction of sp³-hybridized carbons (Fsp3) is 0.333. The highest BCUT2D eigenvalue weighted by molar-refractivity contribution is 6.03. The number of benzene rings is 2. The minimum Gasteiger partial charge on any atom is -0.489 e. The molecule has 2 aromatic carbocycles. The van der Waals surface area contributed by atoms with Crippen LogP contribution in [0.2, 0.25) is 0 Å². The normalized spacial score (nSPS) is 19.2. The lowest BCUT2D eigenvalue weighted by molar-refractivity contribution is -0.122. The number of rotatable bonds is 6. The number of carbonyl (C=O) groups is 2. The molecule has 0 aromatic heterocycles. The van der Waals surface area contributed by atoms with Crippen LogP contribution in [0.3, 0.4) is 0 Å². The monoisotopic (exact) mass is 382 g/mol. The highest BCUT2D eigenvalue weighted by Crippen LogP contribution is 2.41. The number of hydrogen-bond acceptors (Lipinski definition) is 5. The van der Waals surface area contributed by atoms with Crippen molar-refractivity contribution < 1.29 is 23.8 Å². The van der Waals surface area contributed by atoms with Crippen molar-refractivity contribution in [3.05, 3.63) is 42.5 Å². The zero-order valence-corrected chi connectivity index (χ0v) is 15.7. The van der Waals surface area contributed by atoms with Crippen molar-refractivity contribution in [2.75, 3.05) is 17.4 Å². The maximum atomic E-state index is 12.6. The lowest BCUT2D eigenvalue weighted by Crippen LogP contribution is -2.21. The minimum absolute atomic E-state index is 0.000737. The van der Waals surface area contributed by atoms with E-state index < -0.39 is 0 Å². The van der Waals surface area contributed by atoms with E-state index in [9.17, 15) is 9.59 Å². The van der Waals surface area contributed by atoms with Gasteiger partial charge in [0, 0.05) is 11.8 Å². The predicted octanol–water partition coefficient (Wildman–Crippen LogP) is 3.42. The first-order valence-corrected chi connectivity index (χ1v) is 9.28. The van der Waals surface area contributed by atoms with Crippen molar-refractivity contribution in [3.8, 4) is 17.2 Å². The molecule has 1 fully saturated rings. The van der Waals surface area contributed by atoms with Crippen molar-refractivity contribution in [1.29, 1.82) is 0 Å². The molecule has 2 amide bonds. The smallest absolute Gasteiger partial charge is 0.231 e. The molecule has 2 aromatic rings. The molecule has 146 valence electrons. The zero-order valence-electron chi connectivity index (χ0n) is 15.7. The molecule has 7 nitrogen and oxygen atoms in total. The fourth-order valence-corrected chi connectivity index (χ4v) is 3.14. The van der Waals surface area contributed by atoms with Crippen molar-refractivity contribution in [2.24, 2.45) is 11.8 Å². The quantitative estimate of drug-likeness (QED) is 0.800. The van der Waals surface area contributed by atoms with Gasteiger partial charge in [0.15, 0.2) is 11.5 Å². The molecule has 2 atom stereocenters. The third-order valence-corrected chi connectivity index (χ3v) is 4.61. The number of carbonyl (C=O) groups excluding carboxylic acids is 2. The van der Waals surface area contributed by atoms with Crippen LogP contribution in [0, 0.1) is 11.8 Å². The Kier molecular flexibility index (Phi) is 4.81. The summed E-state index contributed by atoms with van der Waals surface area (Å²) in [4.78, 5) is 25.0. The van der Waals surface area contributed by atoms with Crippen LogP contribution in [-0.4, -0.2) is 24.7 Å². The van der Waals surface area contributed by atoms with E-state index in [2.05, 4.69) is 10.6 Å². The summed E-state index contributed by atoms with van der Waals surface area (Å²) in [6.07, 6.45) is 0.523. The number of para-hydroxylation sites is 2. The van der Waals surface area contributed by atoms with E-state index in [1.54, 1.807) is 24.3 Å². The van der Waals surface area contributed by atoms with Gasteiger partial charge < -0.3 is 24.8 Å². The third-order valence-electron chi connectivity index (χ3n) is 4.61. The Hall–Kier alpha value is -3.22. The van der Waals surface area contributed by atoms with Gasteiger partial charge in [-0.15, -0.1) is 0 Å². The first kappa shape index (κ1) is 18.2. The van der Waals surface area contributed by atoms with Crippen LogP contribution >= 0.6 is 0 Å². The highest BCUT2D eigenvalue weighted by Gasteiger charge is 2.48. The van der Waals surface area contributed by atoms with Gasteiger partial charge in [0.25, 0.3) is 0 Å². The van der Waals surface area contributed by atoms with Crippen LogP contribution < -0.4 is 24.8 Å². The molecular weight excluding hydrogens is 360 g/mol. The molecule has 1 aliphatic carbocycles. The van der Waals surface area contributed by atoms with Crippen LogP contribution in [0.15, 0.2) is 42.5 Å². The second-order valence-electron chi connectivity index (χ2n) is 7.16. The number of anilines is 2. The zero-order chi connectivity index (χ0) is 19.7. The predicted molar refractivity (Wildman–Crippen MR) is 104 cm³/mol. The topological polar surface area (TPSA) is 85.9 Å². The lowest BCUT2D eigenvalue weighted by atomic mass is 10.2. The first-order chi connectivity index (χ1) is 13.5. The van der Waals surface area contributed by atoms with E-state index >= 15 is 0 Å². The Morgan fingerprint density at radius 3 is 2.50 bits per heavy atom. The standard InChI is InChI=1S/C21H22N2O5/c1-12(2)28-17-6-4-3-5-16(17)23-21(25)15-10-14(15)20(24)22-13-7-8-18-19(9-13)27-11-26-18/h3-9,12,14-15H,10-11H2,1-2H3,(H,22,24)(H,23,25). The molecule has 7 heteroatoms. The van der Waals surface area contributed by atoms with Gasteiger partial charge in [-0.25, -0.2) is 0 Å². The van der Waals surface area contributed by atoms with Crippen molar-refractivity contribution in [3.63, 3.8) is 0 Å². The van der Waals surface area contributed by atoms with E-state index in [4.69, 9.17) is 14.2 Å². The SMILES string of the molecule is CC(C)Oc1ccccc1NC(=O)C1CC1C(=O)Nc1ccc2c(c1)OCO2. The van der Waals surface area contributed by atoms with Gasteiger partial charge in [0.1, 0.15) is 5.75 Å². The van der Waals surface area contributed by atoms with Crippen molar-refractivity contribution in [1.82, 2.24) is 0 Å². The Balaban J connectivity index is 1.35. The molecule has 0 spiro atoms. The van der Waals surface area contributed by atoms with E-state index in [-0.39, 0.29) is 36.5 Å². The van der Waals surface area contributed by atoms with Gasteiger partial charge in [0.05, 0.1) is 23.6 Å². The number of amides is 2. The van der Waals surface area contributed by atoms with Gasteiger partial charge in [-0.05, 0) is 44.5 Å². The molecule has 2 aliphatic rings. The van der Waals surface area contributed by atoms with Gasteiger partial charge in [-0.1, -0.05) is 12.1 Å². The van der Waals surface area contributed by atoms with Gasteiger partial charge in [0.2, 0.25) is 18.6 Å². The van der Waals surface area contributed by atoms with Gasteiger partial charge in [-0.2, -0.15) is 0 Å². The summed E-state index contributed by atoms with van der Waals surface area (Å²) in [5, 5.41) is 5.72. The molecule has 2 unspecified atom stereocenters. The molecule has 1 saturated carbocycles. The molecule has 1 aliphatic heterocycles. The molecule has 0 radical (unpaired) electrons. The summed E-state index contributed by atoms with van der Waals surface area (Å²) in [7, 11) is 0. The summed E-state index contributed by atoms with van der Waals surface area (Å²) in [6.45, 7) is 4.03. The first-order valence-electron chi connectivity index (χ1n) is 9.28. The fourth-order valence-electron chi connectivity index (χ4n) is 3.14. The minimum atomic E-state index is -0.346. The second-order valence-corrected chi connectivity index (χ2v) is 7.16. The largest absolute Gasteiger partial charge is 0.489 e. The lowest BCUT2D eigenvalue weighted by Gasteiger charge is -2.14. The second kappa shape index (κ2) is 7.42. The van der Waals surface area contributed by atoms with Crippen LogP contribution in [0.25, 0.3) is 0 Å². The molecule has 1 heterocycles. The summed E-state index contributed by atoms with van der Waals surface area (Å²) < 4.78 is 16.3. The summed E-state index contributed by atoms with van der Waals surface area (Å²) in [6, 6.07) is 12.5. The maximum Gasteiger partial charge on any atom is 0.231 e. The van der Waals surface area contributed by atoms with Crippen LogP contribution in [0.1, 0.15) is 20.3 Å². The molecule has 0 bridgehead atoms. The number of hydrogen-bond donors (Lipinski definition) is 2. The van der Waals surface area contributed by atoms with Crippen molar-refractivity contribution >= 4 is 23.2 Å².